The van der Waals surface area contributed by atoms with Crippen LogP contribution >= 0.6 is 24.0 Å². The highest BCUT2D eigenvalue weighted by molar-refractivity contribution is 8.26. The Morgan fingerprint density at radius 1 is 1.09 bits per heavy atom. The van der Waals surface area contributed by atoms with Crippen LogP contribution in [0.4, 0.5) is 11.5 Å². The molecule has 0 aliphatic carbocycles. The molecule has 182 valence electrons. The summed E-state index contributed by atoms with van der Waals surface area (Å²) in [6.45, 7) is 9.77. The zero-order chi connectivity index (χ0) is 25.1. The van der Waals surface area contributed by atoms with E-state index in [9.17, 15) is 14.9 Å². The minimum Gasteiger partial charge on any atom is -0.368 e. The fourth-order valence-corrected chi connectivity index (χ4v) is 6.00. The zero-order valence-corrected chi connectivity index (χ0v) is 21.9. The third kappa shape index (κ3) is 4.73. The van der Waals surface area contributed by atoms with Crippen LogP contribution in [-0.4, -0.2) is 52.4 Å². The lowest BCUT2D eigenvalue weighted by molar-refractivity contribution is -0.121. The van der Waals surface area contributed by atoms with Crippen LogP contribution in [0.1, 0.15) is 37.0 Å². The van der Waals surface area contributed by atoms with Gasteiger partial charge in [-0.15, -0.1) is 0 Å². The molecule has 1 amide bonds. The first-order chi connectivity index (χ1) is 16.9. The van der Waals surface area contributed by atoms with E-state index in [1.165, 1.54) is 17.4 Å². The molecular weight excluding hydrogens is 478 g/mol. The topological polar surface area (TPSA) is 72.6 Å². The Morgan fingerprint density at radius 2 is 1.74 bits per heavy atom. The van der Waals surface area contributed by atoms with Crippen molar-refractivity contribution in [2.24, 2.45) is 0 Å². The third-order valence-corrected chi connectivity index (χ3v) is 7.84. The molecule has 1 aromatic carbocycles. The van der Waals surface area contributed by atoms with Gasteiger partial charge in [0.05, 0.1) is 4.91 Å². The number of thioether (sulfide) groups is 1. The average Bonchev–Trinajstić information content (AvgIpc) is 3.15. The van der Waals surface area contributed by atoms with Gasteiger partial charge in [-0.1, -0.05) is 49.1 Å². The summed E-state index contributed by atoms with van der Waals surface area (Å²) in [6.07, 6.45) is 2.58. The monoisotopic (exact) mass is 507 g/mol. The van der Waals surface area contributed by atoms with Gasteiger partial charge in [0.25, 0.3) is 11.5 Å². The van der Waals surface area contributed by atoms with Crippen molar-refractivity contribution in [1.82, 2.24) is 9.47 Å². The van der Waals surface area contributed by atoms with Gasteiger partial charge in [-0.3, -0.25) is 19.1 Å². The molecule has 0 unspecified atom stereocenters. The van der Waals surface area contributed by atoms with E-state index in [4.69, 9.17) is 12.2 Å². The van der Waals surface area contributed by atoms with Crippen LogP contribution in [0.5, 0.6) is 0 Å². The summed E-state index contributed by atoms with van der Waals surface area (Å²) in [5, 5.41) is 9.81. The van der Waals surface area contributed by atoms with E-state index in [1.54, 1.807) is 16.4 Å². The van der Waals surface area contributed by atoms with Crippen LogP contribution in [0.15, 0.2) is 40.0 Å². The molecule has 2 aliphatic heterocycles. The number of para-hydroxylation sites is 1. The van der Waals surface area contributed by atoms with Crippen LogP contribution in [0.3, 0.4) is 0 Å². The molecule has 7 nitrogen and oxygen atoms in total. The number of nitrogens with zero attached hydrogens (tertiary/aromatic N) is 5. The number of nitriles is 1. The van der Waals surface area contributed by atoms with Crippen molar-refractivity contribution in [2.45, 2.75) is 33.7 Å². The summed E-state index contributed by atoms with van der Waals surface area (Å²) in [5.41, 5.74) is 2.39. The maximum absolute atomic E-state index is 13.3. The van der Waals surface area contributed by atoms with Crippen LogP contribution in [0, 0.1) is 18.3 Å². The van der Waals surface area contributed by atoms with E-state index in [0.717, 1.165) is 44.0 Å². The second-order valence-corrected chi connectivity index (χ2v) is 10.2. The highest BCUT2D eigenvalue weighted by Gasteiger charge is 2.32. The fraction of sp³-hybridized carbons (Fsp3) is 0.385. The maximum atomic E-state index is 13.3. The molecule has 1 aromatic heterocycles. The first-order valence-corrected chi connectivity index (χ1v) is 13.1. The van der Waals surface area contributed by atoms with E-state index < -0.39 is 0 Å². The maximum Gasteiger partial charge on any atom is 0.270 e. The number of benzene rings is 1. The zero-order valence-electron chi connectivity index (χ0n) is 20.3. The molecule has 2 aromatic rings. The predicted molar refractivity (Wildman–Crippen MR) is 147 cm³/mol. The highest BCUT2D eigenvalue weighted by Crippen LogP contribution is 2.36. The van der Waals surface area contributed by atoms with E-state index in [1.807, 2.05) is 38.1 Å². The Labute approximate surface area is 215 Å². The summed E-state index contributed by atoms with van der Waals surface area (Å²) in [4.78, 5) is 33.0. The molecule has 2 aliphatic rings. The Hall–Kier alpha value is -3.09. The molecule has 0 atom stereocenters. The van der Waals surface area contributed by atoms with Gasteiger partial charge >= 0.3 is 0 Å². The number of anilines is 2. The van der Waals surface area contributed by atoms with Gasteiger partial charge in [-0.2, -0.15) is 5.26 Å². The van der Waals surface area contributed by atoms with Gasteiger partial charge in [-0.05, 0) is 44.0 Å². The quantitative estimate of drug-likeness (QED) is 0.432. The fourth-order valence-electron chi connectivity index (χ4n) is 4.63. The van der Waals surface area contributed by atoms with E-state index in [2.05, 4.69) is 28.0 Å². The van der Waals surface area contributed by atoms with Crippen molar-refractivity contribution in [3.63, 3.8) is 0 Å². The summed E-state index contributed by atoms with van der Waals surface area (Å²) in [5.74, 6) is 0.649. The normalized spacial score (nSPS) is 17.4. The molecule has 4 rings (SSSR count). The van der Waals surface area contributed by atoms with Gasteiger partial charge in [-0.25, -0.2) is 0 Å². The van der Waals surface area contributed by atoms with Crippen molar-refractivity contribution in [1.29, 1.82) is 5.26 Å². The number of pyridine rings is 1. The van der Waals surface area contributed by atoms with Crippen molar-refractivity contribution in [3.05, 3.63) is 62.3 Å². The highest BCUT2D eigenvalue weighted by atomic mass is 32.2. The molecule has 0 radical (unpaired) electrons. The SMILES string of the molecule is CCCn1c(N2CCN(c3ccccc3)CC2)c(C=C2SC(=S)N(CC)C2=O)c(C)c(C#N)c1=O. The number of thiocarbonyl (C=S) groups is 1. The molecule has 3 heterocycles. The Balaban J connectivity index is 1.81. The molecule has 0 saturated carbocycles. The number of rotatable bonds is 6. The van der Waals surface area contributed by atoms with Crippen molar-refractivity contribution < 1.29 is 4.79 Å². The average molecular weight is 508 g/mol. The lowest BCUT2D eigenvalue weighted by atomic mass is 10.0. The Kier molecular flexibility index (Phi) is 7.63. The molecule has 35 heavy (non-hydrogen) atoms. The van der Waals surface area contributed by atoms with Gasteiger partial charge in [0.1, 0.15) is 21.8 Å². The van der Waals surface area contributed by atoms with Gasteiger partial charge in [0.15, 0.2) is 0 Å². The smallest absolute Gasteiger partial charge is 0.270 e. The van der Waals surface area contributed by atoms with Gasteiger partial charge in [0, 0.05) is 50.5 Å². The number of carbonyl (C=O) groups excluding carboxylic acids is 1. The van der Waals surface area contributed by atoms with Crippen LogP contribution in [0.2, 0.25) is 0 Å². The van der Waals surface area contributed by atoms with E-state index >= 15 is 0 Å². The molecule has 2 fully saturated rings. The van der Waals surface area contributed by atoms with Crippen molar-refractivity contribution in [3.8, 4) is 6.07 Å². The molecule has 0 spiro atoms. The summed E-state index contributed by atoms with van der Waals surface area (Å²) in [7, 11) is 0. The minimum absolute atomic E-state index is 0.127. The van der Waals surface area contributed by atoms with Crippen LogP contribution in [0.25, 0.3) is 6.08 Å². The molecule has 0 bridgehead atoms. The largest absolute Gasteiger partial charge is 0.368 e. The summed E-state index contributed by atoms with van der Waals surface area (Å²) >= 11 is 6.67. The predicted octanol–water partition coefficient (Wildman–Crippen LogP) is 3.99. The summed E-state index contributed by atoms with van der Waals surface area (Å²) < 4.78 is 2.25. The second-order valence-electron chi connectivity index (χ2n) is 8.54. The number of aromatic nitrogens is 1. The Morgan fingerprint density at radius 3 is 2.31 bits per heavy atom. The lowest BCUT2D eigenvalue weighted by Gasteiger charge is -2.39. The number of likely N-dealkylation sites (N-methyl/N-ethyl adjacent to an activating group) is 1. The van der Waals surface area contributed by atoms with Crippen molar-refractivity contribution in [2.75, 3.05) is 42.5 Å². The molecular formula is C26H29N5O2S2. The Bertz CT molecular complexity index is 1270. The minimum atomic E-state index is -0.273. The summed E-state index contributed by atoms with van der Waals surface area (Å²) in [6, 6.07) is 12.4. The molecule has 0 N–H and O–H groups in total. The molecule has 2 saturated heterocycles. The van der Waals surface area contributed by atoms with Crippen LogP contribution in [-0.2, 0) is 11.3 Å². The van der Waals surface area contributed by atoms with E-state index in [0.29, 0.717) is 27.9 Å². The van der Waals surface area contributed by atoms with Gasteiger partial charge < -0.3 is 9.80 Å². The number of amides is 1. The van der Waals surface area contributed by atoms with Crippen molar-refractivity contribution >= 4 is 51.8 Å². The number of carbonyl (C=O) groups is 1. The first-order valence-electron chi connectivity index (χ1n) is 11.9. The number of hydrogen-bond donors (Lipinski definition) is 0. The lowest BCUT2D eigenvalue weighted by Crippen LogP contribution is -2.48. The van der Waals surface area contributed by atoms with Gasteiger partial charge in [0.2, 0.25) is 0 Å². The van der Waals surface area contributed by atoms with E-state index in [-0.39, 0.29) is 17.0 Å². The standard InChI is InChI=1S/C26H29N5O2S2/c1-4-11-31-23(29-14-12-28(13-15-29)19-9-7-6-8-10-19)20(18(3)21(17-27)24(31)32)16-22-25(33)30(5-2)26(34)35-22/h6-10,16H,4-5,11-15H2,1-3H3. The van der Waals surface area contributed by atoms with Crippen LogP contribution < -0.4 is 15.4 Å². The number of piperazine rings is 1. The molecule has 9 heteroatoms. The second kappa shape index (κ2) is 10.7. The number of hydrogen-bond acceptors (Lipinski definition) is 7. The first kappa shape index (κ1) is 25.0. The third-order valence-electron chi connectivity index (χ3n) is 6.46.